The predicted molar refractivity (Wildman–Crippen MR) is 93.1 cm³/mol. The Labute approximate surface area is 153 Å². The first-order chi connectivity index (χ1) is 12.2. The Morgan fingerprint density at radius 1 is 1.12 bits per heavy atom. The summed E-state index contributed by atoms with van der Waals surface area (Å²) in [5.41, 5.74) is 0.348. The lowest BCUT2D eigenvalue weighted by Gasteiger charge is -2.17. The van der Waals surface area contributed by atoms with Gasteiger partial charge in [0.15, 0.2) is 0 Å². The first-order valence-electron chi connectivity index (χ1n) is 7.25. The fourth-order valence-corrected chi connectivity index (χ4v) is 3.62. The molecule has 5 nitrogen and oxygen atoms in total. The highest BCUT2D eigenvalue weighted by atomic mass is 32.2. The average molecular weight is 404 g/mol. The second-order valence-corrected chi connectivity index (χ2v) is 8.27. The normalized spacial score (nSPS) is 11.8. The van der Waals surface area contributed by atoms with Gasteiger partial charge in [-0.3, -0.25) is 4.79 Å². The maximum atomic E-state index is 12.9. The lowest BCUT2D eigenvalue weighted by Crippen LogP contribution is -2.34. The minimum absolute atomic E-state index is 0.137. The molecule has 26 heavy (non-hydrogen) atoms. The maximum Gasteiger partial charge on any atom is 0.288 e. The quantitative estimate of drug-likeness (QED) is 0.719. The summed E-state index contributed by atoms with van der Waals surface area (Å²) in [7, 11) is -2.72. The van der Waals surface area contributed by atoms with E-state index in [9.17, 15) is 26.4 Å². The monoisotopic (exact) mass is 404 g/mol. The van der Waals surface area contributed by atoms with E-state index in [1.807, 2.05) is 0 Å². The molecule has 0 aliphatic heterocycles. The largest absolute Gasteiger partial charge is 0.325 e. The van der Waals surface area contributed by atoms with E-state index in [0.29, 0.717) is 22.3 Å². The van der Waals surface area contributed by atoms with Crippen LogP contribution in [0.3, 0.4) is 0 Å². The van der Waals surface area contributed by atoms with Crippen LogP contribution in [-0.4, -0.2) is 38.0 Å². The number of nitrogens with zero attached hydrogens (tertiary/aromatic N) is 1. The van der Waals surface area contributed by atoms with E-state index in [2.05, 4.69) is 5.32 Å². The number of carbonyl (C=O) groups excluding carboxylic acids is 1. The molecule has 2 rings (SSSR count). The zero-order valence-electron chi connectivity index (χ0n) is 13.5. The van der Waals surface area contributed by atoms with Crippen molar-refractivity contribution in [3.8, 4) is 0 Å². The number of alkyl halides is 2. The summed E-state index contributed by atoms with van der Waals surface area (Å²) in [5, 5.41) is 2.48. The van der Waals surface area contributed by atoms with Crippen molar-refractivity contribution in [3.05, 3.63) is 54.3 Å². The molecule has 0 bridgehead atoms. The van der Waals surface area contributed by atoms with E-state index in [0.717, 1.165) is 28.6 Å². The van der Waals surface area contributed by atoms with Crippen LogP contribution < -0.4 is 5.32 Å². The van der Waals surface area contributed by atoms with Crippen molar-refractivity contribution < 1.29 is 26.4 Å². The number of halogens is 3. The van der Waals surface area contributed by atoms with E-state index in [-0.39, 0.29) is 4.90 Å². The molecule has 0 radical (unpaired) electrons. The number of sulfonamides is 1. The van der Waals surface area contributed by atoms with E-state index < -0.39 is 34.0 Å². The second-order valence-electron chi connectivity index (χ2n) is 5.17. The van der Waals surface area contributed by atoms with Gasteiger partial charge in [0.2, 0.25) is 15.9 Å². The molecule has 0 saturated heterocycles. The molecule has 0 fully saturated rings. The highest BCUT2D eigenvalue weighted by Crippen LogP contribution is 2.26. The SMILES string of the molecule is CN(CC(=O)Nc1ccc(SC(F)F)cc1)S(=O)(=O)c1ccc(F)cc1. The smallest absolute Gasteiger partial charge is 0.288 e. The Kier molecular flexibility index (Phi) is 6.68. The topological polar surface area (TPSA) is 66.5 Å². The van der Waals surface area contributed by atoms with Gasteiger partial charge in [-0.2, -0.15) is 13.1 Å². The van der Waals surface area contributed by atoms with Crippen molar-refractivity contribution >= 4 is 33.4 Å². The number of hydrogen-bond acceptors (Lipinski definition) is 4. The number of anilines is 1. The number of carbonyl (C=O) groups is 1. The molecule has 0 saturated carbocycles. The number of thioether (sulfide) groups is 1. The summed E-state index contributed by atoms with van der Waals surface area (Å²) in [6.45, 7) is -0.465. The molecule has 0 aromatic heterocycles. The van der Waals surface area contributed by atoms with Crippen molar-refractivity contribution in [1.29, 1.82) is 0 Å². The zero-order valence-corrected chi connectivity index (χ0v) is 15.2. The molecular formula is C16H15F3N2O3S2. The molecule has 0 unspecified atom stereocenters. The van der Waals surface area contributed by atoms with Crippen molar-refractivity contribution in [2.75, 3.05) is 18.9 Å². The van der Waals surface area contributed by atoms with E-state index >= 15 is 0 Å². The van der Waals surface area contributed by atoms with Gasteiger partial charge in [0.05, 0.1) is 11.4 Å². The van der Waals surface area contributed by atoms with Crippen LogP contribution in [0.1, 0.15) is 0 Å². The Morgan fingerprint density at radius 2 is 1.69 bits per heavy atom. The van der Waals surface area contributed by atoms with Crippen molar-refractivity contribution in [2.45, 2.75) is 15.5 Å². The Bertz CT molecular complexity index is 857. The van der Waals surface area contributed by atoms with Crippen LogP contribution in [0, 0.1) is 5.82 Å². The van der Waals surface area contributed by atoms with E-state index in [1.165, 1.54) is 31.3 Å². The summed E-state index contributed by atoms with van der Waals surface area (Å²) in [5.74, 6) is -3.72. The summed E-state index contributed by atoms with van der Waals surface area (Å²) >= 11 is 0.378. The van der Waals surface area contributed by atoms with Gasteiger partial charge in [0, 0.05) is 17.6 Å². The number of benzene rings is 2. The van der Waals surface area contributed by atoms with Gasteiger partial charge in [-0.05, 0) is 48.5 Å². The molecule has 0 spiro atoms. The summed E-state index contributed by atoms with van der Waals surface area (Å²) < 4.78 is 62.9. The van der Waals surface area contributed by atoms with Gasteiger partial charge in [0.1, 0.15) is 5.82 Å². The van der Waals surface area contributed by atoms with Crippen LogP contribution in [0.15, 0.2) is 58.3 Å². The average Bonchev–Trinajstić information content (AvgIpc) is 2.56. The zero-order chi connectivity index (χ0) is 19.3. The van der Waals surface area contributed by atoms with Crippen molar-refractivity contribution in [1.82, 2.24) is 4.31 Å². The van der Waals surface area contributed by atoms with Gasteiger partial charge in [-0.15, -0.1) is 0 Å². The first kappa shape index (κ1) is 20.3. The summed E-state index contributed by atoms with van der Waals surface area (Å²) in [6, 6.07) is 9.97. The van der Waals surface area contributed by atoms with E-state index in [4.69, 9.17) is 0 Å². The van der Waals surface area contributed by atoms with Gasteiger partial charge >= 0.3 is 0 Å². The summed E-state index contributed by atoms with van der Waals surface area (Å²) in [4.78, 5) is 12.2. The highest BCUT2D eigenvalue weighted by Gasteiger charge is 2.23. The second kappa shape index (κ2) is 8.56. The van der Waals surface area contributed by atoms with Gasteiger partial charge < -0.3 is 5.32 Å². The van der Waals surface area contributed by atoms with Crippen LogP contribution in [0.4, 0.5) is 18.9 Å². The molecule has 2 aromatic rings. The van der Waals surface area contributed by atoms with Crippen LogP contribution in [-0.2, 0) is 14.8 Å². The molecule has 0 aliphatic rings. The molecule has 1 amide bonds. The van der Waals surface area contributed by atoms with Crippen LogP contribution >= 0.6 is 11.8 Å². The molecule has 0 heterocycles. The van der Waals surface area contributed by atoms with Crippen LogP contribution in [0.5, 0.6) is 0 Å². The number of rotatable bonds is 7. The molecule has 10 heteroatoms. The number of likely N-dealkylation sites (N-methyl/N-ethyl adjacent to an activating group) is 1. The third kappa shape index (κ3) is 5.48. The minimum Gasteiger partial charge on any atom is -0.325 e. The van der Waals surface area contributed by atoms with Crippen molar-refractivity contribution in [2.24, 2.45) is 0 Å². The lowest BCUT2D eigenvalue weighted by atomic mass is 10.3. The third-order valence-corrected chi connectivity index (χ3v) is 5.79. The minimum atomic E-state index is -3.94. The van der Waals surface area contributed by atoms with E-state index in [1.54, 1.807) is 0 Å². The molecule has 0 atom stereocenters. The number of nitrogens with one attached hydrogen (secondary N) is 1. The molecular weight excluding hydrogens is 389 g/mol. The number of amides is 1. The molecule has 0 aliphatic carbocycles. The highest BCUT2D eigenvalue weighted by molar-refractivity contribution is 7.99. The summed E-state index contributed by atoms with van der Waals surface area (Å²) in [6.07, 6.45) is 0. The fourth-order valence-electron chi connectivity index (χ4n) is 1.99. The first-order valence-corrected chi connectivity index (χ1v) is 9.57. The van der Waals surface area contributed by atoms with Crippen LogP contribution in [0.25, 0.3) is 0 Å². The predicted octanol–water partition coefficient (Wildman–Crippen LogP) is 3.40. The van der Waals surface area contributed by atoms with Crippen molar-refractivity contribution in [3.63, 3.8) is 0 Å². The standard InChI is InChI=1S/C16H15F3N2O3S2/c1-21(26(23,24)14-8-2-11(17)3-9-14)10-15(22)20-12-4-6-13(7-5-12)25-16(18)19/h2-9,16H,10H2,1H3,(H,20,22). The molecule has 140 valence electrons. The Hall–Kier alpha value is -2.04. The van der Waals surface area contributed by atoms with Gasteiger partial charge in [-0.25, -0.2) is 12.8 Å². The fraction of sp³-hybridized carbons (Fsp3) is 0.188. The Balaban J connectivity index is 1.99. The number of hydrogen-bond donors (Lipinski definition) is 1. The maximum absolute atomic E-state index is 12.9. The third-order valence-electron chi connectivity index (χ3n) is 3.25. The molecule has 2 aromatic carbocycles. The van der Waals surface area contributed by atoms with Gasteiger partial charge in [0.25, 0.3) is 5.76 Å². The lowest BCUT2D eigenvalue weighted by molar-refractivity contribution is -0.116. The Morgan fingerprint density at radius 3 is 2.23 bits per heavy atom. The van der Waals surface area contributed by atoms with Crippen LogP contribution in [0.2, 0.25) is 0 Å². The van der Waals surface area contributed by atoms with Gasteiger partial charge in [-0.1, -0.05) is 11.8 Å². The molecule has 1 N–H and O–H groups in total.